The summed E-state index contributed by atoms with van der Waals surface area (Å²) >= 11 is 7.52. The number of pyridine rings is 1. The third-order valence-corrected chi connectivity index (χ3v) is 3.24. The smallest absolute Gasteiger partial charge is 0.100 e. The van der Waals surface area contributed by atoms with Crippen LogP contribution in [0.15, 0.2) is 29.9 Å². The first-order valence-electron chi connectivity index (χ1n) is 4.12. The molecule has 0 aliphatic rings. The molecule has 2 aromatic heterocycles. The predicted molar refractivity (Wildman–Crippen MR) is 59.9 cm³/mol. The van der Waals surface area contributed by atoms with Crippen LogP contribution in [-0.4, -0.2) is 9.97 Å². The summed E-state index contributed by atoms with van der Waals surface area (Å²) in [6, 6.07) is 5.74. The van der Waals surface area contributed by atoms with E-state index in [9.17, 15) is 0 Å². The molecule has 0 atom stereocenters. The van der Waals surface area contributed by atoms with Crippen LogP contribution in [0.25, 0.3) is 21.1 Å². The Morgan fingerprint density at radius 3 is 3.00 bits per heavy atom. The molecule has 0 bridgehead atoms. The Hall–Kier alpha value is -1.19. The van der Waals surface area contributed by atoms with Crippen LogP contribution in [0.5, 0.6) is 0 Å². The molecule has 2 heterocycles. The zero-order chi connectivity index (χ0) is 9.54. The Morgan fingerprint density at radius 1 is 1.14 bits per heavy atom. The number of hydrogen-bond donors (Lipinski definition) is 0. The summed E-state index contributed by atoms with van der Waals surface area (Å²) in [4.78, 5) is 8.52. The largest absolute Gasteiger partial charge is 0.254 e. The summed E-state index contributed by atoms with van der Waals surface area (Å²) in [5, 5.41) is 1.84. The number of benzene rings is 1. The van der Waals surface area contributed by atoms with Crippen molar-refractivity contribution in [1.82, 2.24) is 9.97 Å². The maximum Gasteiger partial charge on any atom is 0.100 e. The van der Waals surface area contributed by atoms with Crippen molar-refractivity contribution in [2.45, 2.75) is 0 Å². The first-order valence-corrected chi connectivity index (χ1v) is 5.38. The highest BCUT2D eigenvalue weighted by Crippen LogP contribution is 2.27. The minimum absolute atomic E-state index is 0.717. The molecule has 0 amide bonds. The molecule has 0 fully saturated rings. The Balaban J connectivity index is 2.57. The number of nitrogens with zero attached hydrogens (tertiary/aromatic N) is 2. The first kappa shape index (κ1) is 8.15. The second-order valence-electron chi connectivity index (χ2n) is 2.99. The monoisotopic (exact) mass is 220 g/mol. The molecule has 3 rings (SSSR count). The molecular formula is C10H5ClN2S. The fourth-order valence-electron chi connectivity index (χ4n) is 1.48. The summed E-state index contributed by atoms with van der Waals surface area (Å²) in [5.41, 5.74) is 3.71. The molecule has 0 spiro atoms. The van der Waals surface area contributed by atoms with Crippen LogP contribution in [0.1, 0.15) is 0 Å². The van der Waals surface area contributed by atoms with Crippen LogP contribution in [0, 0.1) is 0 Å². The SMILES string of the molecule is Clc1ccc2c(c1)ncc1ncsc12. The van der Waals surface area contributed by atoms with Gasteiger partial charge in [0.15, 0.2) is 0 Å². The van der Waals surface area contributed by atoms with Crippen molar-refractivity contribution < 1.29 is 0 Å². The maximum atomic E-state index is 5.89. The third kappa shape index (κ3) is 1.10. The molecule has 68 valence electrons. The standard InChI is InChI=1S/C10H5ClN2S/c11-6-1-2-7-8(3-6)12-4-9-10(7)14-5-13-9/h1-5H. The van der Waals surface area contributed by atoms with Crippen LogP contribution >= 0.6 is 22.9 Å². The van der Waals surface area contributed by atoms with E-state index in [-0.39, 0.29) is 0 Å². The lowest BCUT2D eigenvalue weighted by molar-refractivity contribution is 1.40. The molecule has 3 aromatic rings. The van der Waals surface area contributed by atoms with Gasteiger partial charge in [0, 0.05) is 10.4 Å². The number of hydrogen-bond acceptors (Lipinski definition) is 3. The van der Waals surface area contributed by atoms with E-state index in [1.54, 1.807) is 17.5 Å². The number of halogens is 1. The second-order valence-corrected chi connectivity index (χ2v) is 4.28. The zero-order valence-electron chi connectivity index (χ0n) is 7.07. The van der Waals surface area contributed by atoms with Crippen molar-refractivity contribution in [3.05, 3.63) is 34.9 Å². The van der Waals surface area contributed by atoms with Crippen molar-refractivity contribution in [3.63, 3.8) is 0 Å². The molecule has 4 heteroatoms. The lowest BCUT2D eigenvalue weighted by atomic mass is 10.2. The summed E-state index contributed by atoms with van der Waals surface area (Å²) in [6.07, 6.45) is 1.78. The van der Waals surface area contributed by atoms with E-state index in [0.29, 0.717) is 5.02 Å². The molecule has 0 unspecified atom stereocenters. The van der Waals surface area contributed by atoms with Gasteiger partial charge in [-0.05, 0) is 18.2 Å². The molecule has 1 aromatic carbocycles. The van der Waals surface area contributed by atoms with Gasteiger partial charge < -0.3 is 0 Å². The Kier molecular flexibility index (Phi) is 1.69. The van der Waals surface area contributed by atoms with Gasteiger partial charge in [-0.1, -0.05) is 11.6 Å². The van der Waals surface area contributed by atoms with Crippen LogP contribution in [-0.2, 0) is 0 Å². The molecule has 14 heavy (non-hydrogen) atoms. The average molecular weight is 221 g/mol. The maximum absolute atomic E-state index is 5.89. The van der Waals surface area contributed by atoms with Crippen LogP contribution in [0.4, 0.5) is 0 Å². The van der Waals surface area contributed by atoms with E-state index >= 15 is 0 Å². The minimum Gasteiger partial charge on any atom is -0.254 e. The fourth-order valence-corrected chi connectivity index (χ4v) is 2.45. The summed E-state index contributed by atoms with van der Waals surface area (Å²) in [7, 11) is 0. The van der Waals surface area contributed by atoms with E-state index in [4.69, 9.17) is 11.6 Å². The van der Waals surface area contributed by atoms with Crippen molar-refractivity contribution in [2.75, 3.05) is 0 Å². The zero-order valence-corrected chi connectivity index (χ0v) is 8.64. The van der Waals surface area contributed by atoms with E-state index in [0.717, 1.165) is 16.4 Å². The highest BCUT2D eigenvalue weighted by molar-refractivity contribution is 7.17. The van der Waals surface area contributed by atoms with Crippen molar-refractivity contribution >= 4 is 44.1 Å². The van der Waals surface area contributed by atoms with Gasteiger partial charge in [0.2, 0.25) is 0 Å². The normalized spacial score (nSPS) is 11.2. The summed E-state index contributed by atoms with van der Waals surface area (Å²) in [6.45, 7) is 0. The van der Waals surface area contributed by atoms with Gasteiger partial charge in [0.25, 0.3) is 0 Å². The predicted octanol–water partition coefficient (Wildman–Crippen LogP) is 3.50. The molecule has 0 aliphatic heterocycles. The number of aromatic nitrogens is 2. The van der Waals surface area contributed by atoms with Gasteiger partial charge in [-0.3, -0.25) is 4.98 Å². The third-order valence-electron chi connectivity index (χ3n) is 2.13. The first-order chi connectivity index (χ1) is 6.84. The highest BCUT2D eigenvalue weighted by Gasteiger charge is 2.03. The molecule has 0 saturated carbocycles. The molecule has 0 radical (unpaired) electrons. The van der Waals surface area contributed by atoms with Crippen LogP contribution < -0.4 is 0 Å². The van der Waals surface area contributed by atoms with Crippen LogP contribution in [0.3, 0.4) is 0 Å². The number of rotatable bonds is 0. The van der Waals surface area contributed by atoms with Gasteiger partial charge in [0.1, 0.15) is 5.52 Å². The van der Waals surface area contributed by atoms with E-state index in [1.807, 2.05) is 23.7 Å². The molecule has 2 nitrogen and oxygen atoms in total. The number of thiazole rings is 1. The van der Waals surface area contributed by atoms with Crippen LogP contribution in [0.2, 0.25) is 5.02 Å². The fraction of sp³-hybridized carbons (Fsp3) is 0. The van der Waals surface area contributed by atoms with Crippen molar-refractivity contribution in [3.8, 4) is 0 Å². The van der Waals surface area contributed by atoms with Gasteiger partial charge in [-0.25, -0.2) is 4.98 Å². The summed E-state index contributed by atoms with van der Waals surface area (Å²) < 4.78 is 1.17. The Morgan fingerprint density at radius 2 is 2.07 bits per heavy atom. The highest BCUT2D eigenvalue weighted by atomic mass is 35.5. The van der Waals surface area contributed by atoms with Gasteiger partial charge in [0.05, 0.1) is 21.9 Å². The molecular weight excluding hydrogens is 216 g/mol. The van der Waals surface area contributed by atoms with Gasteiger partial charge >= 0.3 is 0 Å². The van der Waals surface area contributed by atoms with E-state index in [2.05, 4.69) is 9.97 Å². The van der Waals surface area contributed by atoms with Crippen molar-refractivity contribution in [1.29, 1.82) is 0 Å². The van der Waals surface area contributed by atoms with Crippen molar-refractivity contribution in [2.24, 2.45) is 0 Å². The Labute approximate surface area is 89.2 Å². The molecule has 0 saturated heterocycles. The lowest BCUT2D eigenvalue weighted by Crippen LogP contribution is -1.78. The molecule has 0 aliphatic carbocycles. The second kappa shape index (κ2) is 2.90. The lowest BCUT2D eigenvalue weighted by Gasteiger charge is -1.97. The molecule has 0 N–H and O–H groups in total. The Bertz CT molecular complexity index is 618. The van der Waals surface area contributed by atoms with Gasteiger partial charge in [-0.2, -0.15) is 0 Å². The van der Waals surface area contributed by atoms with E-state index < -0.39 is 0 Å². The number of fused-ring (bicyclic) bond motifs is 3. The van der Waals surface area contributed by atoms with Gasteiger partial charge in [-0.15, -0.1) is 11.3 Å². The minimum atomic E-state index is 0.717. The average Bonchev–Trinajstić information content (AvgIpc) is 2.65. The topological polar surface area (TPSA) is 25.8 Å². The van der Waals surface area contributed by atoms with E-state index in [1.165, 1.54) is 4.70 Å². The quantitative estimate of drug-likeness (QED) is 0.580. The summed E-state index contributed by atoms with van der Waals surface area (Å²) in [5.74, 6) is 0.